The molecule has 0 atom stereocenters. The van der Waals surface area contributed by atoms with Crippen molar-refractivity contribution >= 4 is 5.82 Å². The molecule has 1 aliphatic rings. The number of likely N-dealkylation sites (N-methyl/N-ethyl adjacent to an activating group) is 1. The molecule has 3 rings (SSSR count). The van der Waals surface area contributed by atoms with Gasteiger partial charge in [-0.3, -0.25) is 4.98 Å². The quantitative estimate of drug-likeness (QED) is 0.809. The van der Waals surface area contributed by atoms with Gasteiger partial charge in [-0.15, -0.1) is 5.10 Å². The van der Waals surface area contributed by atoms with Crippen molar-refractivity contribution in [2.75, 3.05) is 38.1 Å². The summed E-state index contributed by atoms with van der Waals surface area (Å²) in [5, 5.41) is 8.38. The fourth-order valence-corrected chi connectivity index (χ4v) is 2.25. The van der Waals surface area contributed by atoms with Crippen LogP contribution >= 0.6 is 0 Å². The first kappa shape index (κ1) is 12.0. The van der Waals surface area contributed by atoms with Crippen LogP contribution in [0.25, 0.3) is 11.1 Å². The van der Waals surface area contributed by atoms with E-state index in [1.807, 2.05) is 12.1 Å². The van der Waals surface area contributed by atoms with Gasteiger partial charge in [0, 0.05) is 44.1 Å². The molecule has 0 amide bonds. The summed E-state index contributed by atoms with van der Waals surface area (Å²) >= 11 is 0. The molecule has 2 aromatic rings. The van der Waals surface area contributed by atoms with Crippen LogP contribution in [0.15, 0.2) is 36.8 Å². The predicted molar refractivity (Wildman–Crippen MR) is 75.0 cm³/mol. The first-order valence-corrected chi connectivity index (χ1v) is 6.49. The van der Waals surface area contributed by atoms with E-state index in [4.69, 9.17) is 0 Å². The third kappa shape index (κ3) is 2.71. The van der Waals surface area contributed by atoms with Gasteiger partial charge in [0.1, 0.15) is 0 Å². The summed E-state index contributed by atoms with van der Waals surface area (Å²) in [5.41, 5.74) is 2.21. The van der Waals surface area contributed by atoms with Crippen LogP contribution in [0.4, 0.5) is 5.82 Å². The van der Waals surface area contributed by atoms with E-state index < -0.39 is 0 Å². The van der Waals surface area contributed by atoms with Crippen LogP contribution in [0, 0.1) is 0 Å². The van der Waals surface area contributed by atoms with Crippen molar-refractivity contribution in [1.29, 1.82) is 0 Å². The van der Waals surface area contributed by atoms with E-state index in [9.17, 15) is 0 Å². The Morgan fingerprint density at radius 3 is 2.47 bits per heavy atom. The number of anilines is 1. The van der Waals surface area contributed by atoms with E-state index in [1.165, 1.54) is 0 Å². The Kier molecular flexibility index (Phi) is 3.37. The average Bonchev–Trinajstić information content (AvgIpc) is 2.49. The fraction of sp³-hybridized carbons (Fsp3) is 0.357. The Balaban J connectivity index is 1.84. The minimum absolute atomic E-state index is 0.961. The van der Waals surface area contributed by atoms with E-state index in [2.05, 4.69) is 38.1 Å². The maximum atomic E-state index is 4.26. The molecule has 2 aromatic heterocycles. The van der Waals surface area contributed by atoms with Crippen LogP contribution in [0.1, 0.15) is 0 Å². The lowest BCUT2D eigenvalue weighted by atomic mass is 10.1. The highest BCUT2D eigenvalue weighted by Crippen LogP contribution is 2.21. The summed E-state index contributed by atoms with van der Waals surface area (Å²) < 4.78 is 0. The molecule has 19 heavy (non-hydrogen) atoms. The van der Waals surface area contributed by atoms with Gasteiger partial charge in [-0.25, -0.2) is 0 Å². The minimum atomic E-state index is 0.961. The van der Waals surface area contributed by atoms with E-state index in [1.54, 1.807) is 18.6 Å². The Bertz CT molecular complexity index is 535. The third-order valence-electron chi connectivity index (χ3n) is 3.48. The molecule has 1 aliphatic heterocycles. The zero-order chi connectivity index (χ0) is 13.1. The maximum absolute atomic E-state index is 4.26. The van der Waals surface area contributed by atoms with Gasteiger partial charge in [-0.1, -0.05) is 0 Å². The summed E-state index contributed by atoms with van der Waals surface area (Å²) in [4.78, 5) is 8.66. The molecule has 0 saturated carbocycles. The smallest absolute Gasteiger partial charge is 0.151 e. The summed E-state index contributed by atoms with van der Waals surface area (Å²) in [6.45, 7) is 4.15. The molecule has 5 heteroatoms. The van der Waals surface area contributed by atoms with Gasteiger partial charge in [0.05, 0.1) is 6.20 Å². The molecule has 1 saturated heterocycles. The first-order valence-electron chi connectivity index (χ1n) is 6.49. The Morgan fingerprint density at radius 1 is 1.00 bits per heavy atom. The van der Waals surface area contributed by atoms with Crippen molar-refractivity contribution in [3.8, 4) is 11.1 Å². The summed E-state index contributed by atoms with van der Waals surface area (Å²) in [6, 6.07) is 6.09. The molecule has 0 N–H and O–H groups in total. The number of aromatic nitrogens is 3. The highest BCUT2D eigenvalue weighted by atomic mass is 15.3. The summed E-state index contributed by atoms with van der Waals surface area (Å²) in [7, 11) is 2.15. The number of hydrogen-bond acceptors (Lipinski definition) is 5. The molecule has 0 unspecified atom stereocenters. The molecule has 98 valence electrons. The first-order chi connectivity index (χ1) is 9.33. The second kappa shape index (κ2) is 5.32. The van der Waals surface area contributed by atoms with Crippen molar-refractivity contribution < 1.29 is 0 Å². The van der Waals surface area contributed by atoms with E-state index in [0.717, 1.165) is 43.1 Å². The predicted octanol–water partition coefficient (Wildman–Crippen LogP) is 1.29. The molecule has 5 nitrogen and oxygen atoms in total. The van der Waals surface area contributed by atoms with Crippen molar-refractivity contribution in [3.63, 3.8) is 0 Å². The van der Waals surface area contributed by atoms with Crippen LogP contribution in [0.5, 0.6) is 0 Å². The van der Waals surface area contributed by atoms with Gasteiger partial charge >= 0.3 is 0 Å². The van der Waals surface area contributed by atoms with Gasteiger partial charge in [0.15, 0.2) is 5.82 Å². The third-order valence-corrected chi connectivity index (χ3v) is 3.48. The standard InChI is InChI=1S/C14H17N5/c1-18-6-8-19(9-7-18)14-10-13(11-16-17-14)12-2-4-15-5-3-12/h2-5,10-11H,6-9H2,1H3. The van der Waals surface area contributed by atoms with Crippen LogP contribution in [-0.2, 0) is 0 Å². The highest BCUT2D eigenvalue weighted by molar-refractivity contribution is 5.65. The number of piperazine rings is 1. The zero-order valence-corrected chi connectivity index (χ0v) is 11.0. The van der Waals surface area contributed by atoms with Crippen molar-refractivity contribution in [2.45, 2.75) is 0 Å². The Morgan fingerprint density at radius 2 is 1.74 bits per heavy atom. The lowest BCUT2D eigenvalue weighted by Crippen LogP contribution is -2.44. The molecular weight excluding hydrogens is 238 g/mol. The van der Waals surface area contributed by atoms with Crippen molar-refractivity contribution in [1.82, 2.24) is 20.1 Å². The maximum Gasteiger partial charge on any atom is 0.151 e. The molecule has 0 bridgehead atoms. The topological polar surface area (TPSA) is 45.2 Å². The second-order valence-electron chi connectivity index (χ2n) is 4.83. The van der Waals surface area contributed by atoms with E-state index in [-0.39, 0.29) is 0 Å². The minimum Gasteiger partial charge on any atom is -0.353 e. The largest absolute Gasteiger partial charge is 0.353 e. The Labute approximate surface area is 112 Å². The number of pyridine rings is 1. The molecule has 3 heterocycles. The lowest BCUT2D eigenvalue weighted by Gasteiger charge is -2.32. The van der Waals surface area contributed by atoms with Crippen LogP contribution in [0.3, 0.4) is 0 Å². The molecule has 0 radical (unpaired) electrons. The lowest BCUT2D eigenvalue weighted by molar-refractivity contribution is 0.312. The van der Waals surface area contributed by atoms with E-state index >= 15 is 0 Å². The SMILES string of the molecule is CN1CCN(c2cc(-c3ccncc3)cnn2)CC1. The van der Waals surface area contributed by atoms with Gasteiger partial charge in [0.25, 0.3) is 0 Å². The van der Waals surface area contributed by atoms with Crippen LogP contribution in [0.2, 0.25) is 0 Å². The zero-order valence-electron chi connectivity index (χ0n) is 11.0. The summed E-state index contributed by atoms with van der Waals surface area (Å²) in [6.07, 6.45) is 5.39. The molecule has 0 spiro atoms. The molecule has 0 aromatic carbocycles. The average molecular weight is 255 g/mol. The fourth-order valence-electron chi connectivity index (χ4n) is 2.25. The second-order valence-corrected chi connectivity index (χ2v) is 4.83. The molecule has 0 aliphatic carbocycles. The van der Waals surface area contributed by atoms with Gasteiger partial charge in [0.2, 0.25) is 0 Å². The normalized spacial score (nSPS) is 16.6. The number of hydrogen-bond donors (Lipinski definition) is 0. The van der Waals surface area contributed by atoms with Crippen LogP contribution in [-0.4, -0.2) is 53.3 Å². The molecule has 1 fully saturated rings. The number of rotatable bonds is 2. The monoisotopic (exact) mass is 255 g/mol. The van der Waals surface area contributed by atoms with E-state index in [0.29, 0.717) is 0 Å². The van der Waals surface area contributed by atoms with Gasteiger partial charge in [-0.2, -0.15) is 5.10 Å². The molecular formula is C14H17N5. The van der Waals surface area contributed by atoms with Gasteiger partial charge in [-0.05, 0) is 30.8 Å². The van der Waals surface area contributed by atoms with Gasteiger partial charge < -0.3 is 9.80 Å². The highest BCUT2D eigenvalue weighted by Gasteiger charge is 2.16. The number of nitrogens with zero attached hydrogens (tertiary/aromatic N) is 5. The Hall–Kier alpha value is -2.01. The van der Waals surface area contributed by atoms with Crippen molar-refractivity contribution in [2.24, 2.45) is 0 Å². The summed E-state index contributed by atoms with van der Waals surface area (Å²) in [5.74, 6) is 0.961. The van der Waals surface area contributed by atoms with Crippen LogP contribution < -0.4 is 4.90 Å². The van der Waals surface area contributed by atoms with Crippen molar-refractivity contribution in [3.05, 3.63) is 36.8 Å².